The van der Waals surface area contributed by atoms with E-state index in [1.165, 1.54) is 17.5 Å². The Bertz CT molecular complexity index is 1960. The smallest absolute Gasteiger partial charge is 0.413 e. The van der Waals surface area contributed by atoms with Crippen LogP contribution in [0.25, 0.3) is 11.0 Å². The fourth-order valence-electron chi connectivity index (χ4n) is 6.51. The third kappa shape index (κ3) is 8.25. The number of carbonyl (C=O) groups is 1. The molecule has 5 rings (SSSR count). The van der Waals surface area contributed by atoms with Crippen molar-refractivity contribution in [1.82, 2.24) is 19.7 Å². The van der Waals surface area contributed by atoms with Crippen LogP contribution >= 0.6 is 15.9 Å². The molecule has 0 aliphatic rings. The Hall–Kier alpha value is -4.77. The molecule has 2 heterocycles. The molecule has 0 saturated heterocycles. The highest BCUT2D eigenvalue weighted by Gasteiger charge is 2.50. The third-order valence-electron chi connectivity index (χ3n) is 8.86. The second kappa shape index (κ2) is 16.5. The van der Waals surface area contributed by atoms with Crippen molar-refractivity contribution >= 4 is 63.5 Å². The zero-order chi connectivity index (χ0) is 36.6. The van der Waals surface area contributed by atoms with Gasteiger partial charge in [-0.2, -0.15) is 15.3 Å². The number of nitrogens with one attached hydrogen (secondary N) is 2. The van der Waals surface area contributed by atoms with Gasteiger partial charge in [0.15, 0.2) is 10.4 Å². The number of anilines is 2. The number of hydrogen-bond donors (Lipinski definition) is 2. The molecule has 266 valence electrons. The first-order valence-electron chi connectivity index (χ1n) is 16.9. The molecule has 0 radical (unpaired) electrons. The minimum atomic E-state index is -2.74. The number of amides is 1. The van der Waals surface area contributed by atoms with E-state index in [4.69, 9.17) is 24.0 Å². The Morgan fingerprint density at radius 1 is 1.00 bits per heavy atom. The quantitative estimate of drug-likeness (QED) is 0.112. The Morgan fingerprint density at radius 3 is 2.24 bits per heavy atom. The molecular formula is C38H44BrN7O4Si. The Balaban J connectivity index is 1.52. The highest BCUT2D eigenvalue weighted by Crippen LogP contribution is 2.37. The summed E-state index contributed by atoms with van der Waals surface area (Å²) < 4.78 is 20.0. The van der Waals surface area contributed by atoms with Crippen molar-refractivity contribution in [3.8, 4) is 11.8 Å². The number of hydrogen-bond acceptors (Lipinski definition) is 9. The Kier molecular flexibility index (Phi) is 12.1. The number of benzene rings is 3. The van der Waals surface area contributed by atoms with E-state index in [1.54, 1.807) is 23.9 Å². The van der Waals surface area contributed by atoms with Crippen LogP contribution in [0.3, 0.4) is 0 Å². The van der Waals surface area contributed by atoms with E-state index in [0.717, 1.165) is 18.4 Å². The van der Waals surface area contributed by atoms with Crippen LogP contribution in [0.1, 0.15) is 58.1 Å². The van der Waals surface area contributed by atoms with Crippen molar-refractivity contribution in [2.24, 2.45) is 0 Å². The lowest BCUT2D eigenvalue weighted by Gasteiger charge is -2.43. The molecule has 3 aromatic carbocycles. The lowest BCUT2D eigenvalue weighted by molar-refractivity contribution is 0.186. The van der Waals surface area contributed by atoms with Crippen LogP contribution in [-0.4, -0.2) is 61.0 Å². The number of rotatable bonds is 14. The highest BCUT2D eigenvalue weighted by atomic mass is 79.9. The van der Waals surface area contributed by atoms with Crippen LogP contribution in [0.5, 0.6) is 5.75 Å². The fraction of sp³-hybridized carbons (Fsp3) is 0.342. The number of aromatic nitrogens is 4. The van der Waals surface area contributed by atoms with Crippen LogP contribution in [0.2, 0.25) is 5.04 Å². The number of fused-ring (bicyclic) bond motifs is 1. The van der Waals surface area contributed by atoms with Gasteiger partial charge in [0.25, 0.3) is 8.32 Å². The first kappa shape index (κ1) is 37.5. The lowest BCUT2D eigenvalue weighted by atomic mass is 10.1. The van der Waals surface area contributed by atoms with Gasteiger partial charge in [0.1, 0.15) is 16.8 Å². The zero-order valence-electron chi connectivity index (χ0n) is 29.9. The molecule has 0 aliphatic heterocycles. The van der Waals surface area contributed by atoms with Crippen molar-refractivity contribution < 1.29 is 18.7 Å². The van der Waals surface area contributed by atoms with E-state index >= 15 is 0 Å². The number of carbonyl (C=O) groups excluding carboxylic acids is 1. The van der Waals surface area contributed by atoms with Gasteiger partial charge in [-0.1, -0.05) is 101 Å². The van der Waals surface area contributed by atoms with E-state index < -0.39 is 14.4 Å². The number of halogens is 1. The van der Waals surface area contributed by atoms with Crippen LogP contribution in [0.4, 0.5) is 16.6 Å². The SMILES string of the molecule is CCC[C@@H](CCO[Si](c1ccccc1)(c1ccccc1)C(C)(C)C)Nc1nc(NC(=O)OC)nc2c(Br)nn(Cc3ccc(C#N)cc3OC)c12. The van der Waals surface area contributed by atoms with E-state index in [0.29, 0.717) is 52.3 Å². The molecule has 2 aromatic heterocycles. The molecule has 0 unspecified atom stereocenters. The van der Waals surface area contributed by atoms with E-state index in [2.05, 4.69) is 114 Å². The summed E-state index contributed by atoms with van der Waals surface area (Å²) in [7, 11) is 0.120. The molecule has 2 N–H and O–H groups in total. The predicted molar refractivity (Wildman–Crippen MR) is 206 cm³/mol. The van der Waals surface area contributed by atoms with Crippen LogP contribution in [-0.2, 0) is 15.7 Å². The van der Waals surface area contributed by atoms with Gasteiger partial charge in [0.05, 0.1) is 32.4 Å². The zero-order valence-corrected chi connectivity index (χ0v) is 32.5. The van der Waals surface area contributed by atoms with Crippen molar-refractivity contribution in [2.45, 2.75) is 64.6 Å². The molecule has 0 aliphatic carbocycles. The Labute approximate surface area is 308 Å². The standard InChI is InChI=1S/C38H44BrN7O4Si/c1-7-14-28(21-22-50-51(38(2,3)4,29-15-10-8-11-16-29)30-17-12-9-13-18-30)41-35-33-32(42-36(43-35)44-37(47)49-6)34(39)45-46(33)25-27-20-19-26(24-40)23-31(27)48-5/h8-13,15-20,23,28H,7,14,21-22,25H2,1-6H3,(H2,41,42,43,44,47)/t28-/m0/s1. The second-order valence-electron chi connectivity index (χ2n) is 13.2. The predicted octanol–water partition coefficient (Wildman–Crippen LogP) is 7.24. The topological polar surface area (TPSA) is 136 Å². The highest BCUT2D eigenvalue weighted by molar-refractivity contribution is 9.10. The summed E-state index contributed by atoms with van der Waals surface area (Å²) in [4.78, 5) is 21.6. The van der Waals surface area contributed by atoms with Gasteiger partial charge in [0.2, 0.25) is 5.95 Å². The van der Waals surface area contributed by atoms with Crippen LogP contribution < -0.4 is 25.7 Å². The minimum Gasteiger partial charge on any atom is -0.496 e. The molecule has 5 aromatic rings. The molecule has 51 heavy (non-hydrogen) atoms. The van der Waals surface area contributed by atoms with Crippen molar-refractivity contribution in [1.29, 1.82) is 5.26 Å². The molecule has 13 heteroatoms. The monoisotopic (exact) mass is 769 g/mol. The molecule has 0 saturated carbocycles. The maximum absolute atomic E-state index is 12.2. The first-order chi connectivity index (χ1) is 24.5. The van der Waals surface area contributed by atoms with E-state index in [-0.39, 0.29) is 17.0 Å². The third-order valence-corrected chi connectivity index (χ3v) is 14.4. The summed E-state index contributed by atoms with van der Waals surface area (Å²) in [6, 6.07) is 28.6. The molecular weight excluding hydrogens is 726 g/mol. The summed E-state index contributed by atoms with van der Waals surface area (Å²) in [5.74, 6) is 1.14. The van der Waals surface area contributed by atoms with Gasteiger partial charge in [-0.05, 0) is 56.3 Å². The van der Waals surface area contributed by atoms with Crippen LogP contribution in [0, 0.1) is 11.3 Å². The van der Waals surface area contributed by atoms with E-state index in [9.17, 15) is 10.1 Å². The average molecular weight is 771 g/mol. The average Bonchev–Trinajstić information content (AvgIpc) is 3.44. The molecule has 1 atom stereocenters. The number of ether oxygens (including phenoxy) is 2. The fourth-order valence-corrected chi connectivity index (χ4v) is 11.6. The number of nitrogens with zero attached hydrogens (tertiary/aromatic N) is 5. The Morgan fingerprint density at radius 2 is 1.67 bits per heavy atom. The normalized spacial score (nSPS) is 12.3. The van der Waals surface area contributed by atoms with Crippen molar-refractivity contribution in [3.05, 3.63) is 94.6 Å². The molecule has 0 spiro atoms. The van der Waals surface area contributed by atoms with Crippen molar-refractivity contribution in [2.75, 3.05) is 31.5 Å². The summed E-state index contributed by atoms with van der Waals surface area (Å²) >= 11 is 3.58. The molecule has 1 amide bonds. The summed E-state index contributed by atoms with van der Waals surface area (Å²) in [5.41, 5.74) is 2.46. The maximum atomic E-state index is 12.2. The van der Waals surface area contributed by atoms with Gasteiger partial charge < -0.3 is 19.2 Å². The maximum Gasteiger partial charge on any atom is 0.413 e. The number of methoxy groups -OCH3 is 2. The van der Waals surface area contributed by atoms with Gasteiger partial charge in [-0.3, -0.25) is 10.00 Å². The number of nitriles is 1. The molecule has 11 nitrogen and oxygen atoms in total. The van der Waals surface area contributed by atoms with Gasteiger partial charge in [-0.25, -0.2) is 9.78 Å². The largest absolute Gasteiger partial charge is 0.496 e. The summed E-state index contributed by atoms with van der Waals surface area (Å²) in [6.45, 7) is 9.80. The second-order valence-corrected chi connectivity index (χ2v) is 18.3. The van der Waals surface area contributed by atoms with Gasteiger partial charge in [0, 0.05) is 18.2 Å². The first-order valence-corrected chi connectivity index (χ1v) is 19.6. The summed E-state index contributed by atoms with van der Waals surface area (Å²) in [6.07, 6.45) is 1.77. The summed E-state index contributed by atoms with van der Waals surface area (Å²) in [5, 5.41) is 22.8. The molecule has 0 bridgehead atoms. The van der Waals surface area contributed by atoms with E-state index in [1.807, 2.05) is 18.2 Å². The lowest BCUT2D eigenvalue weighted by Crippen LogP contribution is -2.66. The molecule has 0 fully saturated rings. The van der Waals surface area contributed by atoms with Crippen molar-refractivity contribution in [3.63, 3.8) is 0 Å². The van der Waals surface area contributed by atoms with Gasteiger partial charge >= 0.3 is 6.09 Å². The minimum absolute atomic E-state index is 0.0381. The van der Waals surface area contributed by atoms with Crippen LogP contribution in [0.15, 0.2) is 83.5 Å². The van der Waals surface area contributed by atoms with Gasteiger partial charge in [-0.15, -0.1) is 0 Å².